The zero-order chi connectivity index (χ0) is 23.7. The molecule has 2 aliphatic heterocycles. The zero-order valence-corrected chi connectivity index (χ0v) is 19.0. The first-order valence-corrected chi connectivity index (χ1v) is 11.5. The van der Waals surface area contributed by atoms with Gasteiger partial charge in [0.05, 0.1) is 17.3 Å². The van der Waals surface area contributed by atoms with Crippen molar-refractivity contribution >= 4 is 23.4 Å². The Morgan fingerprint density at radius 3 is 2.44 bits per heavy atom. The first-order chi connectivity index (χ1) is 16.5. The van der Waals surface area contributed by atoms with E-state index in [1.165, 1.54) is 0 Å². The maximum Gasteiger partial charge on any atom is 0.257 e. The molecule has 2 atom stereocenters. The molecule has 1 fully saturated rings. The minimum absolute atomic E-state index is 0.00118. The molecule has 7 nitrogen and oxygen atoms in total. The quantitative estimate of drug-likeness (QED) is 0.616. The number of nitrogens with zero attached hydrogens (tertiary/aromatic N) is 3. The summed E-state index contributed by atoms with van der Waals surface area (Å²) in [7, 11) is 0. The van der Waals surface area contributed by atoms with Crippen molar-refractivity contribution in [1.29, 1.82) is 0 Å². The van der Waals surface area contributed by atoms with Crippen LogP contribution >= 0.6 is 0 Å². The van der Waals surface area contributed by atoms with Crippen LogP contribution in [0.15, 0.2) is 79.1 Å². The average molecular weight is 455 g/mol. The average Bonchev–Trinajstić information content (AvgIpc) is 3.18. The van der Waals surface area contributed by atoms with Crippen LogP contribution in [0, 0.1) is 0 Å². The molecule has 3 aromatic rings. The summed E-state index contributed by atoms with van der Waals surface area (Å²) in [6.07, 6.45) is 4.44. The van der Waals surface area contributed by atoms with E-state index in [0.717, 1.165) is 11.1 Å². The summed E-state index contributed by atoms with van der Waals surface area (Å²) in [4.78, 5) is 46.7. The minimum atomic E-state index is -0.771. The van der Waals surface area contributed by atoms with Gasteiger partial charge in [0.1, 0.15) is 5.66 Å². The van der Waals surface area contributed by atoms with Gasteiger partial charge in [0.2, 0.25) is 11.8 Å². The van der Waals surface area contributed by atoms with E-state index in [0.29, 0.717) is 24.1 Å². The van der Waals surface area contributed by atoms with Crippen LogP contribution in [-0.2, 0) is 9.59 Å². The summed E-state index contributed by atoms with van der Waals surface area (Å²) < 4.78 is 0. The Kier molecular flexibility index (Phi) is 5.61. The van der Waals surface area contributed by atoms with E-state index in [2.05, 4.69) is 10.3 Å². The van der Waals surface area contributed by atoms with E-state index in [4.69, 9.17) is 0 Å². The van der Waals surface area contributed by atoms with Crippen molar-refractivity contribution in [2.45, 2.75) is 37.9 Å². The Morgan fingerprint density at radius 2 is 1.68 bits per heavy atom. The fraction of sp³-hybridized carbons (Fsp3) is 0.259. The molecule has 0 aliphatic carbocycles. The van der Waals surface area contributed by atoms with Gasteiger partial charge in [0.25, 0.3) is 5.91 Å². The topological polar surface area (TPSA) is 82.6 Å². The summed E-state index contributed by atoms with van der Waals surface area (Å²) in [5, 5.41) is 3.12. The van der Waals surface area contributed by atoms with Crippen molar-refractivity contribution in [3.8, 4) is 0 Å². The third-order valence-electron chi connectivity index (χ3n) is 6.79. The molecule has 34 heavy (non-hydrogen) atoms. The summed E-state index contributed by atoms with van der Waals surface area (Å²) in [5.41, 5.74) is 2.27. The van der Waals surface area contributed by atoms with Crippen molar-refractivity contribution in [3.05, 3.63) is 95.8 Å². The molecule has 0 radical (unpaired) electrons. The number of anilines is 1. The predicted molar refractivity (Wildman–Crippen MR) is 128 cm³/mol. The molecule has 2 aliphatic rings. The maximum atomic E-state index is 13.4. The van der Waals surface area contributed by atoms with Gasteiger partial charge in [-0.2, -0.15) is 0 Å². The number of fused-ring (bicyclic) bond motifs is 3. The van der Waals surface area contributed by atoms with E-state index in [-0.39, 0.29) is 36.7 Å². The Bertz CT molecular complexity index is 1190. The lowest BCUT2D eigenvalue weighted by molar-refractivity contribution is -0.122. The molecule has 1 aromatic heterocycles. The first kappa shape index (κ1) is 21.8. The summed E-state index contributed by atoms with van der Waals surface area (Å²) in [6, 6.07) is 20.4. The molecule has 1 N–H and O–H groups in total. The molecule has 0 saturated carbocycles. The zero-order valence-electron chi connectivity index (χ0n) is 19.0. The van der Waals surface area contributed by atoms with Gasteiger partial charge >= 0.3 is 0 Å². The Labute approximate surface area is 198 Å². The Morgan fingerprint density at radius 1 is 1.00 bits per heavy atom. The summed E-state index contributed by atoms with van der Waals surface area (Å²) in [6.45, 7) is 2.13. The molecule has 3 heterocycles. The number of nitrogens with one attached hydrogen (secondary N) is 1. The highest BCUT2D eigenvalue weighted by Crippen LogP contribution is 2.44. The fourth-order valence-corrected chi connectivity index (χ4v) is 5.05. The Balaban J connectivity index is 1.36. The lowest BCUT2D eigenvalue weighted by Crippen LogP contribution is -2.62. The number of amides is 3. The van der Waals surface area contributed by atoms with Crippen LogP contribution < -0.4 is 10.2 Å². The van der Waals surface area contributed by atoms with Gasteiger partial charge < -0.3 is 10.2 Å². The van der Waals surface area contributed by atoms with Crippen LogP contribution in [0.1, 0.15) is 53.7 Å². The number of hydrogen-bond donors (Lipinski definition) is 1. The summed E-state index contributed by atoms with van der Waals surface area (Å²) in [5.74, 6) is -0.318. The van der Waals surface area contributed by atoms with Gasteiger partial charge in [-0.15, -0.1) is 0 Å². The van der Waals surface area contributed by atoms with Crippen molar-refractivity contribution in [1.82, 2.24) is 15.2 Å². The van der Waals surface area contributed by atoms with E-state index >= 15 is 0 Å². The SMILES string of the molecule is CC12CCC(=O)N1c1ccccc1C(=O)N2CCC(=O)NC(c1ccccc1)c1ccncc1. The number of aromatic nitrogens is 1. The summed E-state index contributed by atoms with van der Waals surface area (Å²) >= 11 is 0. The van der Waals surface area contributed by atoms with Crippen molar-refractivity contribution < 1.29 is 14.4 Å². The van der Waals surface area contributed by atoms with Crippen LogP contribution in [0.5, 0.6) is 0 Å². The molecule has 0 spiro atoms. The van der Waals surface area contributed by atoms with Crippen LogP contribution in [-0.4, -0.2) is 39.8 Å². The van der Waals surface area contributed by atoms with Crippen molar-refractivity contribution in [2.75, 3.05) is 11.4 Å². The molecule has 5 rings (SSSR count). The largest absolute Gasteiger partial charge is 0.345 e. The van der Waals surface area contributed by atoms with Gasteiger partial charge in [-0.25, -0.2) is 0 Å². The minimum Gasteiger partial charge on any atom is -0.345 e. The van der Waals surface area contributed by atoms with E-state index in [1.54, 1.807) is 34.3 Å². The van der Waals surface area contributed by atoms with Crippen LogP contribution in [0.25, 0.3) is 0 Å². The molecule has 172 valence electrons. The molecule has 2 unspecified atom stereocenters. The molecular weight excluding hydrogens is 428 g/mol. The normalized spacial score (nSPS) is 20.0. The van der Waals surface area contributed by atoms with Crippen molar-refractivity contribution in [2.24, 2.45) is 0 Å². The highest BCUT2D eigenvalue weighted by molar-refractivity contribution is 6.10. The van der Waals surface area contributed by atoms with Gasteiger partial charge in [0.15, 0.2) is 0 Å². The van der Waals surface area contributed by atoms with Gasteiger partial charge in [-0.05, 0) is 48.7 Å². The second-order valence-corrected chi connectivity index (χ2v) is 8.86. The molecule has 3 amide bonds. The highest BCUT2D eigenvalue weighted by Gasteiger charge is 2.52. The van der Waals surface area contributed by atoms with Gasteiger partial charge in [0, 0.05) is 31.8 Å². The van der Waals surface area contributed by atoms with Gasteiger partial charge in [-0.1, -0.05) is 42.5 Å². The number of hydrogen-bond acceptors (Lipinski definition) is 4. The Hall–Kier alpha value is -4.00. The van der Waals surface area contributed by atoms with Crippen LogP contribution in [0.2, 0.25) is 0 Å². The number of para-hydroxylation sites is 1. The fourth-order valence-electron chi connectivity index (χ4n) is 5.05. The maximum absolute atomic E-state index is 13.4. The van der Waals surface area contributed by atoms with Gasteiger partial charge in [-0.3, -0.25) is 24.3 Å². The molecule has 2 aromatic carbocycles. The van der Waals surface area contributed by atoms with E-state index in [9.17, 15) is 14.4 Å². The lowest BCUT2D eigenvalue weighted by Gasteiger charge is -2.48. The third kappa shape index (κ3) is 3.73. The molecular formula is C27H26N4O3. The monoisotopic (exact) mass is 454 g/mol. The second-order valence-electron chi connectivity index (χ2n) is 8.86. The predicted octanol–water partition coefficient (Wildman–Crippen LogP) is 3.68. The molecule has 7 heteroatoms. The lowest BCUT2D eigenvalue weighted by atomic mass is 9.97. The number of pyridine rings is 1. The number of rotatable bonds is 6. The molecule has 1 saturated heterocycles. The van der Waals surface area contributed by atoms with E-state index in [1.807, 2.05) is 61.5 Å². The third-order valence-corrected chi connectivity index (χ3v) is 6.79. The smallest absolute Gasteiger partial charge is 0.257 e. The number of benzene rings is 2. The number of carbonyl (C=O) groups is 3. The van der Waals surface area contributed by atoms with Crippen molar-refractivity contribution in [3.63, 3.8) is 0 Å². The molecule has 0 bridgehead atoms. The van der Waals surface area contributed by atoms with Crippen LogP contribution in [0.4, 0.5) is 5.69 Å². The second kappa shape index (κ2) is 8.74. The first-order valence-electron chi connectivity index (χ1n) is 11.5. The number of carbonyl (C=O) groups excluding carboxylic acids is 3. The van der Waals surface area contributed by atoms with E-state index < -0.39 is 5.66 Å². The highest BCUT2D eigenvalue weighted by atomic mass is 16.2. The standard InChI is InChI=1S/C27H26N4O3/c1-27-15-11-24(33)31(27)22-10-6-5-9-21(22)26(34)30(27)18-14-23(32)29-25(19-7-3-2-4-8-19)20-12-16-28-17-13-20/h2-10,12-13,16-17,25H,11,14-15,18H2,1H3,(H,29,32). The van der Waals surface area contributed by atoms with Crippen LogP contribution in [0.3, 0.4) is 0 Å².